The van der Waals surface area contributed by atoms with E-state index in [-0.39, 0.29) is 23.9 Å². The molecule has 0 radical (unpaired) electrons. The molecule has 1 atom stereocenters. The van der Waals surface area contributed by atoms with E-state index in [0.717, 1.165) is 23.4 Å². The summed E-state index contributed by atoms with van der Waals surface area (Å²) >= 11 is 8.00. The number of H-pyrrole nitrogens is 1. The second-order valence-corrected chi connectivity index (χ2v) is 10.0. The smallest absolute Gasteiger partial charge is 0.254 e. The first-order valence-electron chi connectivity index (χ1n) is 11.0. The molecule has 1 unspecified atom stereocenters. The molecule has 1 aliphatic carbocycles. The molecule has 0 saturated heterocycles. The highest BCUT2D eigenvalue weighted by Crippen LogP contribution is 2.51. The molecule has 1 aromatic heterocycles. The van der Waals surface area contributed by atoms with Crippen LogP contribution in [0, 0.1) is 19.8 Å². The molecule has 2 N–H and O–H groups in total. The number of rotatable bonds is 5. The molecule has 1 fully saturated rings. The second kappa shape index (κ2) is 9.02. The molecule has 1 aliphatic heterocycles. The number of carbonyl (C=O) groups excluding carboxylic acids is 1. The first-order valence-corrected chi connectivity index (χ1v) is 12.6. The van der Waals surface area contributed by atoms with Crippen LogP contribution in [0.3, 0.4) is 0 Å². The third-order valence-electron chi connectivity index (χ3n) is 6.52. The molecule has 0 spiro atoms. The Hall–Kier alpha value is -2.12. The van der Waals surface area contributed by atoms with E-state index >= 15 is 0 Å². The Balaban J connectivity index is 1.57. The maximum Gasteiger partial charge on any atom is 0.254 e. The van der Waals surface area contributed by atoms with Crippen LogP contribution in [0.5, 0.6) is 11.5 Å². The minimum Gasteiger partial charge on any atom is -0.448 e. The number of aromatic nitrogens is 1. The Labute approximate surface area is 197 Å². The van der Waals surface area contributed by atoms with Crippen molar-refractivity contribution in [3.05, 3.63) is 49.9 Å². The minimum absolute atomic E-state index is 0.121. The molecule has 6 nitrogen and oxygen atoms in total. The van der Waals surface area contributed by atoms with Gasteiger partial charge in [-0.1, -0.05) is 30.9 Å². The monoisotopic (exact) mass is 476 g/mol. The Kier molecular flexibility index (Phi) is 6.50. The summed E-state index contributed by atoms with van der Waals surface area (Å²) in [4.78, 5) is 29.1. The molecule has 32 heavy (non-hydrogen) atoms. The molecule has 2 aliphatic rings. The van der Waals surface area contributed by atoms with Crippen molar-refractivity contribution >= 4 is 29.3 Å². The quantitative estimate of drug-likeness (QED) is 0.567. The third-order valence-corrected chi connectivity index (χ3v) is 7.60. The van der Waals surface area contributed by atoms with E-state index in [1.165, 1.54) is 31.0 Å². The number of carbonyl (C=O) groups is 1. The predicted octanol–water partition coefficient (Wildman–Crippen LogP) is 5.36. The Morgan fingerprint density at radius 2 is 1.91 bits per heavy atom. The van der Waals surface area contributed by atoms with Crippen molar-refractivity contribution in [2.75, 3.05) is 6.26 Å². The standard InChI is InChI=1S/C24H29ClN2O4S/c1-13-10-19(32-4)17(23(29)27-13)12-26-22(28)16-11-18(25)21-20(14(16)2)30-24(3,31-21)15-8-6-5-7-9-15/h10-11,15H,5-9,12H2,1-4H3,(H,26,28)(H,27,29). The van der Waals surface area contributed by atoms with Crippen molar-refractivity contribution in [3.8, 4) is 11.5 Å². The summed E-state index contributed by atoms with van der Waals surface area (Å²) in [5.74, 6) is 0.250. The van der Waals surface area contributed by atoms with Crippen molar-refractivity contribution in [1.29, 1.82) is 0 Å². The minimum atomic E-state index is -0.769. The molecule has 4 rings (SSSR count). The van der Waals surface area contributed by atoms with Crippen LogP contribution in [0.15, 0.2) is 21.8 Å². The summed E-state index contributed by atoms with van der Waals surface area (Å²) in [6.45, 7) is 5.76. The van der Waals surface area contributed by atoms with E-state index in [1.807, 2.05) is 33.1 Å². The molecule has 2 heterocycles. The van der Waals surface area contributed by atoms with Crippen molar-refractivity contribution in [3.63, 3.8) is 0 Å². The average Bonchev–Trinajstić information content (AvgIpc) is 3.15. The van der Waals surface area contributed by atoms with Crippen LogP contribution in [-0.2, 0) is 6.54 Å². The summed E-state index contributed by atoms with van der Waals surface area (Å²) < 4.78 is 12.6. The van der Waals surface area contributed by atoms with Gasteiger partial charge in [-0.2, -0.15) is 0 Å². The molecule has 0 bridgehead atoms. The molecule has 1 amide bonds. The van der Waals surface area contributed by atoms with Gasteiger partial charge in [0.1, 0.15) is 0 Å². The molecule has 8 heteroatoms. The highest BCUT2D eigenvalue weighted by atomic mass is 35.5. The van der Waals surface area contributed by atoms with Crippen LogP contribution in [0.2, 0.25) is 5.02 Å². The summed E-state index contributed by atoms with van der Waals surface area (Å²) in [6.07, 6.45) is 7.59. The van der Waals surface area contributed by atoms with Gasteiger partial charge in [0, 0.05) is 46.7 Å². The number of halogens is 1. The number of aromatic amines is 1. The number of hydrogen-bond acceptors (Lipinski definition) is 5. The van der Waals surface area contributed by atoms with Crippen molar-refractivity contribution in [2.24, 2.45) is 5.92 Å². The number of ether oxygens (including phenoxy) is 2. The lowest BCUT2D eigenvalue weighted by molar-refractivity contribution is -0.119. The van der Waals surface area contributed by atoms with Gasteiger partial charge in [0.2, 0.25) is 0 Å². The maximum atomic E-state index is 13.0. The summed E-state index contributed by atoms with van der Waals surface area (Å²) in [6, 6.07) is 3.53. The summed E-state index contributed by atoms with van der Waals surface area (Å²) in [5, 5.41) is 3.22. The van der Waals surface area contributed by atoms with E-state index in [0.29, 0.717) is 33.2 Å². The van der Waals surface area contributed by atoms with Gasteiger partial charge in [-0.3, -0.25) is 9.59 Å². The zero-order valence-electron chi connectivity index (χ0n) is 18.9. The van der Waals surface area contributed by atoms with Crippen LogP contribution < -0.4 is 20.3 Å². The van der Waals surface area contributed by atoms with Gasteiger partial charge in [0.15, 0.2) is 11.5 Å². The number of fused-ring (bicyclic) bond motifs is 1. The van der Waals surface area contributed by atoms with Gasteiger partial charge in [0.25, 0.3) is 17.3 Å². The number of pyridine rings is 1. The number of thioether (sulfide) groups is 1. The lowest BCUT2D eigenvalue weighted by atomic mass is 9.84. The van der Waals surface area contributed by atoms with E-state index < -0.39 is 5.79 Å². The molecular formula is C24H29ClN2O4S. The van der Waals surface area contributed by atoms with Crippen LogP contribution in [0.25, 0.3) is 0 Å². The zero-order chi connectivity index (χ0) is 23.0. The van der Waals surface area contributed by atoms with Crippen molar-refractivity contribution in [2.45, 2.75) is 70.1 Å². The average molecular weight is 477 g/mol. The number of hydrogen-bond donors (Lipinski definition) is 2. The predicted molar refractivity (Wildman–Crippen MR) is 127 cm³/mol. The molecule has 172 valence electrons. The van der Waals surface area contributed by atoms with Gasteiger partial charge < -0.3 is 19.8 Å². The highest BCUT2D eigenvalue weighted by molar-refractivity contribution is 7.98. The van der Waals surface area contributed by atoms with Crippen LogP contribution in [0.1, 0.15) is 66.2 Å². The van der Waals surface area contributed by atoms with Gasteiger partial charge in [-0.05, 0) is 45.1 Å². The first kappa shape index (κ1) is 23.1. The fourth-order valence-electron chi connectivity index (χ4n) is 4.67. The Morgan fingerprint density at radius 3 is 2.59 bits per heavy atom. The van der Waals surface area contributed by atoms with Crippen molar-refractivity contribution < 1.29 is 14.3 Å². The lowest BCUT2D eigenvalue weighted by Gasteiger charge is -2.34. The first-order chi connectivity index (χ1) is 15.2. The molecular weight excluding hydrogens is 448 g/mol. The molecule has 1 aromatic carbocycles. The summed E-state index contributed by atoms with van der Waals surface area (Å²) in [5.41, 5.74) is 2.22. The highest BCUT2D eigenvalue weighted by Gasteiger charge is 2.46. The molecule has 1 saturated carbocycles. The maximum absolute atomic E-state index is 13.0. The number of nitrogens with one attached hydrogen (secondary N) is 2. The van der Waals surface area contributed by atoms with E-state index in [1.54, 1.807) is 6.07 Å². The Bertz CT molecular complexity index is 1110. The fourth-order valence-corrected chi connectivity index (χ4v) is 5.61. The van der Waals surface area contributed by atoms with Gasteiger partial charge in [-0.15, -0.1) is 11.8 Å². The summed E-state index contributed by atoms with van der Waals surface area (Å²) in [7, 11) is 0. The molecule has 2 aromatic rings. The van der Waals surface area contributed by atoms with Crippen LogP contribution in [0.4, 0.5) is 0 Å². The zero-order valence-corrected chi connectivity index (χ0v) is 20.5. The van der Waals surface area contributed by atoms with Gasteiger partial charge in [-0.25, -0.2) is 0 Å². The normalized spacial score (nSPS) is 20.4. The SMILES string of the molecule is CSc1cc(C)[nH]c(=O)c1CNC(=O)c1cc(Cl)c2c(c1C)OC(C)(C1CCCCC1)O2. The van der Waals surface area contributed by atoms with E-state index in [4.69, 9.17) is 21.1 Å². The van der Waals surface area contributed by atoms with E-state index in [9.17, 15) is 9.59 Å². The fraction of sp³-hybridized carbons (Fsp3) is 0.500. The Morgan fingerprint density at radius 1 is 1.22 bits per heavy atom. The second-order valence-electron chi connectivity index (χ2n) is 8.76. The van der Waals surface area contributed by atoms with Gasteiger partial charge in [0.05, 0.1) is 5.02 Å². The largest absolute Gasteiger partial charge is 0.448 e. The number of amides is 1. The van der Waals surface area contributed by atoms with Gasteiger partial charge >= 0.3 is 0 Å². The number of aryl methyl sites for hydroxylation is 1. The van der Waals surface area contributed by atoms with Crippen molar-refractivity contribution in [1.82, 2.24) is 10.3 Å². The van der Waals surface area contributed by atoms with Crippen LogP contribution >= 0.6 is 23.4 Å². The number of benzene rings is 1. The lowest BCUT2D eigenvalue weighted by Crippen LogP contribution is -2.44. The topological polar surface area (TPSA) is 80.4 Å². The van der Waals surface area contributed by atoms with E-state index in [2.05, 4.69) is 10.3 Å². The third kappa shape index (κ3) is 4.25. The van der Waals surface area contributed by atoms with Crippen LogP contribution in [-0.4, -0.2) is 22.9 Å².